The van der Waals surface area contributed by atoms with Crippen molar-refractivity contribution in [3.63, 3.8) is 0 Å². The van der Waals surface area contributed by atoms with E-state index in [1.807, 2.05) is 73.7 Å². The van der Waals surface area contributed by atoms with E-state index in [-0.39, 0.29) is 12.3 Å². The molecule has 1 saturated heterocycles. The van der Waals surface area contributed by atoms with E-state index in [1.54, 1.807) is 0 Å². The minimum Gasteiger partial charge on any atom is -0.272 e. The van der Waals surface area contributed by atoms with Gasteiger partial charge in [-0.15, -0.1) is 0 Å². The molecule has 0 aromatic heterocycles. The molecule has 1 fully saturated rings. The van der Waals surface area contributed by atoms with Crippen LogP contribution >= 0.6 is 0 Å². The topological polar surface area (TPSA) is 44.8 Å². The van der Waals surface area contributed by atoms with Crippen LogP contribution in [-0.2, 0) is 22.7 Å². The summed E-state index contributed by atoms with van der Waals surface area (Å²) in [5.74, 6) is -0.0643. The molecule has 1 N–H and O–H groups in total. The Morgan fingerprint density at radius 1 is 0.862 bits per heavy atom. The Labute approximate surface area is 171 Å². The number of nitrogens with zero attached hydrogens (tertiary/aromatic N) is 2. The molecule has 0 bridgehead atoms. The Morgan fingerprint density at radius 3 is 1.86 bits per heavy atom. The van der Waals surface area contributed by atoms with E-state index < -0.39 is 5.72 Å². The lowest BCUT2D eigenvalue weighted by atomic mass is 10.1. The SMILES string of the molecule is CC1(NN(Cc2ccccc2)Cc2ccccc2)CC(=O)N(c2ccccc2)O1. The summed E-state index contributed by atoms with van der Waals surface area (Å²) in [5.41, 5.74) is 5.75. The summed E-state index contributed by atoms with van der Waals surface area (Å²) in [7, 11) is 0. The number of hydrogen-bond donors (Lipinski definition) is 1. The highest BCUT2D eigenvalue weighted by Gasteiger charge is 2.43. The highest BCUT2D eigenvalue weighted by Crippen LogP contribution is 2.30. The number of carbonyl (C=O) groups excluding carboxylic acids is 1. The summed E-state index contributed by atoms with van der Waals surface area (Å²) in [5, 5.41) is 3.49. The predicted octanol–water partition coefficient (Wildman–Crippen LogP) is 4.28. The van der Waals surface area contributed by atoms with Crippen LogP contribution in [0.3, 0.4) is 0 Å². The summed E-state index contributed by atoms with van der Waals surface area (Å²) in [6.45, 7) is 3.29. The summed E-state index contributed by atoms with van der Waals surface area (Å²) in [6.07, 6.45) is 0.252. The largest absolute Gasteiger partial charge is 0.272 e. The Hall–Kier alpha value is -2.99. The fourth-order valence-corrected chi connectivity index (χ4v) is 3.54. The summed E-state index contributed by atoms with van der Waals surface area (Å²) in [4.78, 5) is 18.7. The van der Waals surface area contributed by atoms with Crippen molar-refractivity contribution < 1.29 is 9.63 Å². The van der Waals surface area contributed by atoms with Gasteiger partial charge >= 0.3 is 0 Å². The first-order valence-corrected chi connectivity index (χ1v) is 9.79. The number of amides is 1. The number of carbonyl (C=O) groups is 1. The molecule has 1 atom stereocenters. The van der Waals surface area contributed by atoms with Gasteiger partial charge in [-0.1, -0.05) is 78.9 Å². The van der Waals surface area contributed by atoms with E-state index in [2.05, 4.69) is 34.7 Å². The fraction of sp³-hybridized carbons (Fsp3) is 0.208. The van der Waals surface area contributed by atoms with Gasteiger partial charge in [0, 0.05) is 13.1 Å². The molecule has 1 aliphatic heterocycles. The molecule has 1 unspecified atom stereocenters. The van der Waals surface area contributed by atoms with Crippen molar-refractivity contribution >= 4 is 11.6 Å². The molecule has 5 nitrogen and oxygen atoms in total. The molecule has 3 aromatic carbocycles. The van der Waals surface area contributed by atoms with Crippen molar-refractivity contribution in [3.05, 3.63) is 102 Å². The van der Waals surface area contributed by atoms with E-state index in [0.29, 0.717) is 13.1 Å². The normalized spacial score (nSPS) is 19.1. The van der Waals surface area contributed by atoms with Crippen LogP contribution in [0.25, 0.3) is 0 Å². The van der Waals surface area contributed by atoms with Gasteiger partial charge < -0.3 is 0 Å². The smallest absolute Gasteiger partial charge is 0.255 e. The third-order valence-corrected chi connectivity index (χ3v) is 4.83. The van der Waals surface area contributed by atoms with Gasteiger partial charge in [-0.05, 0) is 30.2 Å². The van der Waals surface area contributed by atoms with Crippen LogP contribution in [0, 0.1) is 0 Å². The lowest BCUT2D eigenvalue weighted by Crippen LogP contribution is -2.52. The van der Waals surface area contributed by atoms with E-state index in [4.69, 9.17) is 4.84 Å². The van der Waals surface area contributed by atoms with Crippen molar-refractivity contribution in [1.82, 2.24) is 10.4 Å². The van der Waals surface area contributed by atoms with Crippen LogP contribution in [-0.4, -0.2) is 16.6 Å². The Balaban J connectivity index is 1.52. The number of hydroxylamine groups is 1. The molecule has 4 rings (SSSR count). The number of benzene rings is 3. The number of nitrogens with one attached hydrogen (secondary N) is 1. The molecule has 148 valence electrons. The maximum atomic E-state index is 12.6. The van der Waals surface area contributed by atoms with E-state index in [9.17, 15) is 4.79 Å². The summed E-state index contributed by atoms with van der Waals surface area (Å²) >= 11 is 0. The van der Waals surface area contributed by atoms with Gasteiger partial charge in [0.1, 0.15) is 0 Å². The van der Waals surface area contributed by atoms with Crippen LogP contribution in [0.15, 0.2) is 91.0 Å². The Morgan fingerprint density at radius 2 is 1.34 bits per heavy atom. The van der Waals surface area contributed by atoms with Gasteiger partial charge in [0.05, 0.1) is 12.1 Å². The zero-order chi connectivity index (χ0) is 20.1. The van der Waals surface area contributed by atoms with E-state index >= 15 is 0 Å². The van der Waals surface area contributed by atoms with Gasteiger partial charge in [-0.2, -0.15) is 5.06 Å². The molecular weight excluding hydrogens is 362 g/mol. The molecule has 0 aliphatic carbocycles. The molecule has 0 saturated carbocycles. The molecule has 0 spiro atoms. The second-order valence-electron chi connectivity index (χ2n) is 7.46. The van der Waals surface area contributed by atoms with Gasteiger partial charge in [0.25, 0.3) is 5.91 Å². The quantitative estimate of drug-likeness (QED) is 0.615. The second kappa shape index (κ2) is 8.57. The average Bonchev–Trinajstić information content (AvgIpc) is 3.04. The van der Waals surface area contributed by atoms with Crippen molar-refractivity contribution in [1.29, 1.82) is 0 Å². The van der Waals surface area contributed by atoms with Crippen molar-refractivity contribution in [3.8, 4) is 0 Å². The Kier molecular flexibility index (Phi) is 5.71. The minimum atomic E-state index is -0.823. The van der Waals surface area contributed by atoms with Gasteiger partial charge in [0.2, 0.25) is 0 Å². The minimum absolute atomic E-state index is 0.0643. The summed E-state index contributed by atoms with van der Waals surface area (Å²) in [6, 6.07) is 30.0. The maximum Gasteiger partial charge on any atom is 0.255 e. The molecule has 0 radical (unpaired) electrons. The van der Waals surface area contributed by atoms with E-state index in [0.717, 1.165) is 5.69 Å². The second-order valence-corrected chi connectivity index (χ2v) is 7.46. The van der Waals surface area contributed by atoms with Crippen LogP contribution in [0.4, 0.5) is 5.69 Å². The molecule has 5 heteroatoms. The first-order valence-electron chi connectivity index (χ1n) is 9.79. The van der Waals surface area contributed by atoms with Crippen LogP contribution in [0.5, 0.6) is 0 Å². The third kappa shape index (κ3) is 4.90. The van der Waals surface area contributed by atoms with Gasteiger partial charge in [0.15, 0.2) is 5.72 Å². The van der Waals surface area contributed by atoms with Crippen molar-refractivity contribution in [2.45, 2.75) is 32.2 Å². The lowest BCUT2D eigenvalue weighted by molar-refractivity contribution is -0.120. The third-order valence-electron chi connectivity index (χ3n) is 4.83. The highest BCUT2D eigenvalue weighted by atomic mass is 16.7. The van der Waals surface area contributed by atoms with Gasteiger partial charge in [-0.3, -0.25) is 4.79 Å². The highest BCUT2D eigenvalue weighted by molar-refractivity contribution is 5.93. The van der Waals surface area contributed by atoms with Crippen LogP contribution in [0.2, 0.25) is 0 Å². The zero-order valence-corrected chi connectivity index (χ0v) is 16.5. The number of para-hydroxylation sites is 1. The fourth-order valence-electron chi connectivity index (χ4n) is 3.54. The molecular formula is C24H25N3O2. The molecule has 1 aliphatic rings. The van der Waals surface area contributed by atoms with Crippen LogP contribution in [0.1, 0.15) is 24.5 Å². The molecule has 1 heterocycles. The first-order chi connectivity index (χ1) is 14.1. The van der Waals surface area contributed by atoms with Gasteiger partial charge in [-0.25, -0.2) is 15.3 Å². The number of hydrogen-bond acceptors (Lipinski definition) is 4. The molecule has 1 amide bonds. The molecule has 3 aromatic rings. The monoisotopic (exact) mass is 387 g/mol. The average molecular weight is 387 g/mol. The standard InChI is InChI=1S/C24H25N3O2/c1-24(17-23(28)27(29-24)22-15-9-4-10-16-22)25-26(18-20-11-5-2-6-12-20)19-21-13-7-3-8-14-21/h2-16,25H,17-19H2,1H3. The maximum absolute atomic E-state index is 12.6. The van der Waals surface area contributed by atoms with Crippen molar-refractivity contribution in [2.24, 2.45) is 0 Å². The Bertz CT molecular complexity index is 893. The first kappa shape index (κ1) is 19.3. The van der Waals surface area contributed by atoms with Crippen LogP contribution < -0.4 is 10.5 Å². The van der Waals surface area contributed by atoms with E-state index in [1.165, 1.54) is 16.2 Å². The summed E-state index contributed by atoms with van der Waals surface area (Å²) < 4.78 is 0. The van der Waals surface area contributed by atoms with Crippen molar-refractivity contribution in [2.75, 3.05) is 5.06 Å². The molecule has 29 heavy (non-hydrogen) atoms. The number of rotatable bonds is 7. The zero-order valence-electron chi connectivity index (χ0n) is 16.5. The number of anilines is 1. The number of hydrazine groups is 1. The lowest BCUT2D eigenvalue weighted by Gasteiger charge is -2.33. The predicted molar refractivity (Wildman–Crippen MR) is 113 cm³/mol.